The van der Waals surface area contributed by atoms with Gasteiger partial charge in [-0.1, -0.05) is 0 Å². The summed E-state index contributed by atoms with van der Waals surface area (Å²) >= 11 is 1.73. The van der Waals surface area contributed by atoms with Crippen molar-refractivity contribution in [3.05, 3.63) is 0 Å². The Morgan fingerprint density at radius 1 is 1.73 bits per heavy atom. The van der Waals surface area contributed by atoms with Crippen LogP contribution in [0.25, 0.3) is 0 Å². The molecule has 0 spiro atoms. The molecule has 0 N–H and O–H groups in total. The zero-order valence-corrected chi connectivity index (χ0v) is 7.82. The molecule has 1 rings (SSSR count). The van der Waals surface area contributed by atoms with E-state index in [-0.39, 0.29) is 5.78 Å². The van der Waals surface area contributed by atoms with E-state index >= 15 is 0 Å². The standard InChI is InChI=1S/C8H14O2S/c1-6(9)5-11-8-3-4-10-7(8)2/h7-8H,3-5H2,1-2H3. The van der Waals surface area contributed by atoms with Crippen LogP contribution in [0.4, 0.5) is 0 Å². The van der Waals surface area contributed by atoms with Crippen molar-refractivity contribution in [2.75, 3.05) is 12.4 Å². The smallest absolute Gasteiger partial charge is 0.139 e. The lowest BCUT2D eigenvalue weighted by Gasteiger charge is -2.11. The van der Waals surface area contributed by atoms with Crippen molar-refractivity contribution < 1.29 is 9.53 Å². The minimum atomic E-state index is 0.258. The van der Waals surface area contributed by atoms with Crippen LogP contribution in [0.5, 0.6) is 0 Å². The second-order valence-corrected chi connectivity index (χ2v) is 4.14. The summed E-state index contributed by atoms with van der Waals surface area (Å²) < 4.78 is 5.37. The molecule has 0 aliphatic carbocycles. The molecule has 0 aromatic carbocycles. The molecule has 1 fully saturated rings. The second-order valence-electron chi connectivity index (χ2n) is 2.92. The summed E-state index contributed by atoms with van der Waals surface area (Å²) in [5, 5.41) is 0.541. The summed E-state index contributed by atoms with van der Waals surface area (Å²) in [6.07, 6.45) is 1.43. The number of carbonyl (C=O) groups excluding carboxylic acids is 1. The van der Waals surface area contributed by atoms with Crippen molar-refractivity contribution in [2.24, 2.45) is 0 Å². The third-order valence-electron chi connectivity index (χ3n) is 1.81. The van der Waals surface area contributed by atoms with Crippen molar-refractivity contribution >= 4 is 17.5 Å². The van der Waals surface area contributed by atoms with Gasteiger partial charge in [0.05, 0.1) is 11.9 Å². The number of thioether (sulfide) groups is 1. The SMILES string of the molecule is CC(=O)CSC1CCOC1C. The summed E-state index contributed by atoms with van der Waals surface area (Å²) in [6.45, 7) is 4.56. The topological polar surface area (TPSA) is 26.3 Å². The fourth-order valence-corrected chi connectivity index (χ4v) is 2.22. The summed E-state index contributed by atoms with van der Waals surface area (Å²) in [6, 6.07) is 0. The van der Waals surface area contributed by atoms with E-state index in [0.29, 0.717) is 17.1 Å². The Kier molecular flexibility index (Phi) is 3.40. The molecule has 2 unspecified atom stereocenters. The number of rotatable bonds is 3. The first-order chi connectivity index (χ1) is 5.20. The van der Waals surface area contributed by atoms with E-state index in [1.54, 1.807) is 18.7 Å². The Hall–Kier alpha value is -0.0200. The highest BCUT2D eigenvalue weighted by atomic mass is 32.2. The maximum atomic E-state index is 10.6. The number of hydrogen-bond donors (Lipinski definition) is 0. The molecule has 11 heavy (non-hydrogen) atoms. The Balaban J connectivity index is 2.20. The van der Waals surface area contributed by atoms with Crippen LogP contribution in [0, 0.1) is 0 Å². The zero-order chi connectivity index (χ0) is 8.27. The monoisotopic (exact) mass is 174 g/mol. The van der Waals surface area contributed by atoms with Crippen LogP contribution in [0.1, 0.15) is 20.3 Å². The summed E-state index contributed by atoms with van der Waals surface area (Å²) in [5.74, 6) is 0.896. The van der Waals surface area contributed by atoms with Crippen molar-refractivity contribution in [3.8, 4) is 0 Å². The van der Waals surface area contributed by atoms with Gasteiger partial charge in [0.1, 0.15) is 5.78 Å². The maximum absolute atomic E-state index is 10.6. The van der Waals surface area contributed by atoms with Crippen molar-refractivity contribution in [2.45, 2.75) is 31.6 Å². The maximum Gasteiger partial charge on any atom is 0.139 e. The molecule has 0 bridgehead atoms. The average molecular weight is 174 g/mol. The molecule has 0 saturated carbocycles. The van der Waals surface area contributed by atoms with Gasteiger partial charge in [0.2, 0.25) is 0 Å². The second kappa shape index (κ2) is 4.12. The molecule has 0 radical (unpaired) electrons. The van der Waals surface area contributed by atoms with E-state index in [0.717, 1.165) is 13.0 Å². The number of carbonyl (C=O) groups is 1. The van der Waals surface area contributed by atoms with Gasteiger partial charge in [-0.05, 0) is 20.3 Å². The highest BCUT2D eigenvalue weighted by Crippen LogP contribution is 2.25. The molecular formula is C8H14O2S. The Morgan fingerprint density at radius 2 is 2.45 bits per heavy atom. The van der Waals surface area contributed by atoms with E-state index in [1.165, 1.54) is 0 Å². The lowest BCUT2D eigenvalue weighted by molar-refractivity contribution is -0.114. The van der Waals surface area contributed by atoms with E-state index in [4.69, 9.17) is 4.74 Å². The lowest BCUT2D eigenvalue weighted by atomic mass is 10.3. The first-order valence-electron chi connectivity index (χ1n) is 3.93. The quantitative estimate of drug-likeness (QED) is 0.648. The van der Waals surface area contributed by atoms with Crippen LogP contribution >= 0.6 is 11.8 Å². The van der Waals surface area contributed by atoms with Crippen molar-refractivity contribution in [3.63, 3.8) is 0 Å². The van der Waals surface area contributed by atoms with Gasteiger partial charge in [-0.25, -0.2) is 0 Å². The molecule has 1 saturated heterocycles. The molecule has 3 heteroatoms. The molecule has 1 heterocycles. The van der Waals surface area contributed by atoms with Gasteiger partial charge in [-0.15, -0.1) is 11.8 Å². The summed E-state index contributed by atoms with van der Waals surface area (Å²) in [7, 11) is 0. The van der Waals surface area contributed by atoms with Gasteiger partial charge in [0.25, 0.3) is 0 Å². The fourth-order valence-electron chi connectivity index (χ4n) is 1.16. The average Bonchev–Trinajstić information content (AvgIpc) is 2.31. The van der Waals surface area contributed by atoms with Crippen molar-refractivity contribution in [1.82, 2.24) is 0 Å². The van der Waals surface area contributed by atoms with E-state index in [9.17, 15) is 4.79 Å². The minimum Gasteiger partial charge on any atom is -0.377 e. The molecule has 1 aliphatic heterocycles. The number of ether oxygens (including phenoxy) is 1. The van der Waals surface area contributed by atoms with Crippen LogP contribution in [-0.2, 0) is 9.53 Å². The van der Waals surface area contributed by atoms with Gasteiger partial charge in [-0.3, -0.25) is 4.79 Å². The van der Waals surface area contributed by atoms with Crippen LogP contribution < -0.4 is 0 Å². The van der Waals surface area contributed by atoms with Gasteiger partial charge < -0.3 is 4.74 Å². The summed E-state index contributed by atoms with van der Waals surface area (Å²) in [5.41, 5.74) is 0. The molecule has 0 aromatic heterocycles. The highest BCUT2D eigenvalue weighted by Gasteiger charge is 2.24. The normalized spacial score (nSPS) is 30.7. The zero-order valence-electron chi connectivity index (χ0n) is 7.00. The molecule has 0 amide bonds. The number of ketones is 1. The van der Waals surface area contributed by atoms with Crippen molar-refractivity contribution in [1.29, 1.82) is 0 Å². The van der Waals surface area contributed by atoms with Gasteiger partial charge >= 0.3 is 0 Å². The van der Waals surface area contributed by atoms with Crippen LogP contribution in [-0.4, -0.2) is 29.5 Å². The number of hydrogen-bond acceptors (Lipinski definition) is 3. The number of Topliss-reactive ketones (excluding diaryl/α,β-unsaturated/α-hetero) is 1. The minimum absolute atomic E-state index is 0.258. The predicted molar refractivity (Wildman–Crippen MR) is 47.0 cm³/mol. The van der Waals surface area contributed by atoms with Gasteiger partial charge in [0.15, 0.2) is 0 Å². The first-order valence-corrected chi connectivity index (χ1v) is 4.97. The van der Waals surface area contributed by atoms with Crippen LogP contribution in [0.2, 0.25) is 0 Å². The Morgan fingerprint density at radius 3 is 2.91 bits per heavy atom. The third kappa shape index (κ3) is 2.83. The Labute approximate surface area is 71.7 Å². The van der Waals surface area contributed by atoms with Gasteiger partial charge in [-0.2, -0.15) is 0 Å². The first kappa shape index (κ1) is 9.07. The molecule has 0 aromatic rings. The summed E-state index contributed by atoms with van der Waals surface area (Å²) in [4.78, 5) is 10.6. The fraction of sp³-hybridized carbons (Fsp3) is 0.875. The third-order valence-corrected chi connectivity index (χ3v) is 3.43. The molecular weight excluding hydrogens is 160 g/mol. The predicted octanol–water partition coefficient (Wildman–Crippen LogP) is 1.49. The molecule has 1 aliphatic rings. The van der Waals surface area contributed by atoms with E-state index in [1.807, 2.05) is 0 Å². The molecule has 2 atom stereocenters. The Bertz CT molecular complexity index is 147. The molecule has 2 nitrogen and oxygen atoms in total. The lowest BCUT2D eigenvalue weighted by Crippen LogP contribution is -2.15. The highest BCUT2D eigenvalue weighted by molar-refractivity contribution is 8.00. The van der Waals surface area contributed by atoms with Gasteiger partial charge in [0, 0.05) is 11.9 Å². The van der Waals surface area contributed by atoms with E-state index < -0.39 is 0 Å². The van der Waals surface area contributed by atoms with E-state index in [2.05, 4.69) is 6.92 Å². The molecule has 64 valence electrons. The van der Waals surface area contributed by atoms with Crippen LogP contribution in [0.15, 0.2) is 0 Å². The largest absolute Gasteiger partial charge is 0.377 e. The van der Waals surface area contributed by atoms with Crippen LogP contribution in [0.3, 0.4) is 0 Å².